The summed E-state index contributed by atoms with van der Waals surface area (Å²) in [7, 11) is 3.26. The number of nitrogens with one attached hydrogen (secondary N) is 2. The summed E-state index contributed by atoms with van der Waals surface area (Å²) >= 11 is 0. The van der Waals surface area contributed by atoms with E-state index in [1.165, 1.54) is 11.1 Å². The molecule has 0 fully saturated rings. The van der Waals surface area contributed by atoms with Crippen molar-refractivity contribution in [2.45, 2.75) is 20.4 Å². The summed E-state index contributed by atoms with van der Waals surface area (Å²) in [5.74, 6) is 2.90. The zero-order chi connectivity index (χ0) is 19.2. The van der Waals surface area contributed by atoms with Crippen molar-refractivity contribution in [3.63, 3.8) is 0 Å². The second-order valence-electron chi connectivity index (χ2n) is 6.20. The number of benzene rings is 2. The maximum atomic E-state index is 5.35. The summed E-state index contributed by atoms with van der Waals surface area (Å²) in [5.41, 5.74) is 4.55. The molecule has 0 amide bonds. The van der Waals surface area contributed by atoms with E-state index in [1.54, 1.807) is 20.5 Å². The van der Waals surface area contributed by atoms with Crippen LogP contribution in [-0.4, -0.2) is 24.2 Å². The molecule has 140 valence electrons. The summed E-state index contributed by atoms with van der Waals surface area (Å²) < 4.78 is 10.6. The van der Waals surface area contributed by atoms with Crippen LogP contribution in [0.5, 0.6) is 11.5 Å². The highest BCUT2D eigenvalue weighted by molar-refractivity contribution is 5.63. The molecular formula is C21H24N4O2. The van der Waals surface area contributed by atoms with Crippen molar-refractivity contribution >= 4 is 17.3 Å². The van der Waals surface area contributed by atoms with E-state index in [9.17, 15) is 0 Å². The topological polar surface area (TPSA) is 68.3 Å². The highest BCUT2D eigenvalue weighted by Gasteiger charge is 2.06. The van der Waals surface area contributed by atoms with Gasteiger partial charge in [0.2, 0.25) is 0 Å². The van der Waals surface area contributed by atoms with Crippen molar-refractivity contribution in [2.75, 3.05) is 24.9 Å². The molecule has 0 aliphatic rings. The van der Waals surface area contributed by atoms with Crippen molar-refractivity contribution in [3.05, 3.63) is 65.5 Å². The summed E-state index contributed by atoms with van der Waals surface area (Å²) in [6, 6.07) is 13.9. The molecule has 27 heavy (non-hydrogen) atoms. The van der Waals surface area contributed by atoms with Gasteiger partial charge in [-0.2, -0.15) is 0 Å². The van der Waals surface area contributed by atoms with Crippen LogP contribution in [0.1, 0.15) is 16.7 Å². The van der Waals surface area contributed by atoms with Gasteiger partial charge in [-0.15, -0.1) is 0 Å². The maximum absolute atomic E-state index is 5.35. The number of nitrogens with zero attached hydrogens (tertiary/aromatic N) is 2. The molecule has 6 nitrogen and oxygen atoms in total. The highest BCUT2D eigenvalue weighted by atomic mass is 16.5. The number of hydrogen-bond acceptors (Lipinski definition) is 6. The lowest BCUT2D eigenvalue weighted by Crippen LogP contribution is -2.04. The number of aromatic nitrogens is 2. The molecule has 0 unspecified atom stereocenters. The Morgan fingerprint density at radius 2 is 1.67 bits per heavy atom. The standard InChI is InChI=1S/C21H24N4O2/c1-14-6-5-7-17(15(14)2)25-21-11-20(23-13-24-21)22-12-16-8-9-18(26-3)19(10-16)27-4/h5-11,13H,12H2,1-4H3,(H2,22,23,24,25). The lowest BCUT2D eigenvalue weighted by atomic mass is 10.1. The van der Waals surface area contributed by atoms with E-state index in [0.717, 1.165) is 22.9 Å². The Kier molecular flexibility index (Phi) is 5.76. The average molecular weight is 364 g/mol. The fourth-order valence-corrected chi connectivity index (χ4v) is 2.73. The summed E-state index contributed by atoms with van der Waals surface area (Å²) in [6.07, 6.45) is 1.55. The molecule has 0 atom stereocenters. The van der Waals surface area contributed by atoms with Crippen LogP contribution >= 0.6 is 0 Å². The van der Waals surface area contributed by atoms with Gasteiger partial charge in [0.25, 0.3) is 0 Å². The van der Waals surface area contributed by atoms with E-state index in [-0.39, 0.29) is 0 Å². The largest absolute Gasteiger partial charge is 0.493 e. The van der Waals surface area contributed by atoms with Gasteiger partial charge in [0, 0.05) is 18.3 Å². The van der Waals surface area contributed by atoms with Crippen molar-refractivity contribution in [1.29, 1.82) is 0 Å². The van der Waals surface area contributed by atoms with Gasteiger partial charge in [-0.05, 0) is 48.7 Å². The molecular weight excluding hydrogens is 340 g/mol. The zero-order valence-corrected chi connectivity index (χ0v) is 16.0. The fourth-order valence-electron chi connectivity index (χ4n) is 2.73. The number of methoxy groups -OCH3 is 2. The number of ether oxygens (including phenoxy) is 2. The predicted molar refractivity (Wildman–Crippen MR) is 108 cm³/mol. The first-order valence-corrected chi connectivity index (χ1v) is 8.70. The predicted octanol–water partition coefficient (Wildman–Crippen LogP) is 4.47. The fraction of sp³-hybridized carbons (Fsp3) is 0.238. The molecule has 0 radical (unpaired) electrons. The summed E-state index contributed by atoms with van der Waals surface area (Å²) in [6.45, 7) is 4.80. The average Bonchev–Trinajstić information content (AvgIpc) is 2.70. The van der Waals surface area contributed by atoms with Crippen LogP contribution in [-0.2, 0) is 6.54 Å². The molecule has 0 spiro atoms. The van der Waals surface area contributed by atoms with Gasteiger partial charge in [-0.1, -0.05) is 18.2 Å². The van der Waals surface area contributed by atoms with E-state index in [2.05, 4.69) is 40.5 Å². The van der Waals surface area contributed by atoms with E-state index in [1.807, 2.05) is 36.4 Å². The van der Waals surface area contributed by atoms with Gasteiger partial charge in [0.1, 0.15) is 18.0 Å². The van der Waals surface area contributed by atoms with Crippen molar-refractivity contribution in [3.8, 4) is 11.5 Å². The number of aryl methyl sites for hydroxylation is 1. The molecule has 0 saturated heterocycles. The molecule has 2 N–H and O–H groups in total. The summed E-state index contributed by atoms with van der Waals surface area (Å²) in [4.78, 5) is 8.61. The van der Waals surface area contributed by atoms with Crippen LogP contribution in [0.2, 0.25) is 0 Å². The van der Waals surface area contributed by atoms with Gasteiger partial charge >= 0.3 is 0 Å². The van der Waals surface area contributed by atoms with Crippen molar-refractivity contribution in [1.82, 2.24) is 9.97 Å². The van der Waals surface area contributed by atoms with Crippen LogP contribution in [0, 0.1) is 13.8 Å². The van der Waals surface area contributed by atoms with Crippen LogP contribution in [0.3, 0.4) is 0 Å². The van der Waals surface area contributed by atoms with Gasteiger partial charge in [0.15, 0.2) is 11.5 Å². The zero-order valence-electron chi connectivity index (χ0n) is 16.0. The molecule has 6 heteroatoms. The molecule has 3 aromatic rings. The third-order valence-electron chi connectivity index (χ3n) is 4.46. The minimum Gasteiger partial charge on any atom is -0.493 e. The molecule has 0 saturated carbocycles. The Balaban J connectivity index is 1.70. The van der Waals surface area contributed by atoms with E-state index in [0.29, 0.717) is 18.0 Å². The van der Waals surface area contributed by atoms with Crippen LogP contribution < -0.4 is 20.1 Å². The normalized spacial score (nSPS) is 10.4. The molecule has 0 aliphatic heterocycles. The minimum absolute atomic E-state index is 0.611. The lowest BCUT2D eigenvalue weighted by Gasteiger charge is -2.12. The molecule has 1 aromatic heterocycles. The van der Waals surface area contributed by atoms with Crippen molar-refractivity contribution in [2.24, 2.45) is 0 Å². The van der Waals surface area contributed by atoms with Crippen molar-refractivity contribution < 1.29 is 9.47 Å². The summed E-state index contributed by atoms with van der Waals surface area (Å²) in [5, 5.41) is 6.67. The SMILES string of the molecule is COc1ccc(CNc2cc(Nc3cccc(C)c3C)ncn2)cc1OC. The molecule has 3 rings (SSSR count). The lowest BCUT2D eigenvalue weighted by molar-refractivity contribution is 0.354. The number of hydrogen-bond donors (Lipinski definition) is 2. The highest BCUT2D eigenvalue weighted by Crippen LogP contribution is 2.28. The first kappa shape index (κ1) is 18.5. The second kappa shape index (κ2) is 8.40. The molecule has 0 aliphatic carbocycles. The van der Waals surface area contributed by atoms with Gasteiger partial charge in [-0.25, -0.2) is 9.97 Å². The van der Waals surface area contributed by atoms with Crippen LogP contribution in [0.4, 0.5) is 17.3 Å². The van der Waals surface area contributed by atoms with E-state index in [4.69, 9.17) is 9.47 Å². The molecule has 0 bridgehead atoms. The first-order valence-electron chi connectivity index (χ1n) is 8.70. The van der Waals surface area contributed by atoms with Crippen LogP contribution in [0.25, 0.3) is 0 Å². The third-order valence-corrected chi connectivity index (χ3v) is 4.46. The van der Waals surface area contributed by atoms with E-state index >= 15 is 0 Å². The second-order valence-corrected chi connectivity index (χ2v) is 6.20. The minimum atomic E-state index is 0.611. The molecule has 2 aromatic carbocycles. The monoisotopic (exact) mass is 364 g/mol. The third kappa shape index (κ3) is 4.47. The quantitative estimate of drug-likeness (QED) is 0.645. The molecule has 1 heterocycles. The Labute approximate surface area is 159 Å². The first-order chi connectivity index (χ1) is 13.1. The Hall–Kier alpha value is -3.28. The van der Waals surface area contributed by atoms with Gasteiger partial charge in [0.05, 0.1) is 14.2 Å². The Bertz CT molecular complexity index is 928. The van der Waals surface area contributed by atoms with Gasteiger partial charge in [-0.3, -0.25) is 0 Å². The van der Waals surface area contributed by atoms with Crippen LogP contribution in [0.15, 0.2) is 48.8 Å². The Morgan fingerprint density at radius 3 is 2.44 bits per heavy atom. The van der Waals surface area contributed by atoms with E-state index < -0.39 is 0 Å². The Morgan fingerprint density at radius 1 is 0.889 bits per heavy atom. The number of anilines is 3. The van der Waals surface area contributed by atoms with Gasteiger partial charge < -0.3 is 20.1 Å². The maximum Gasteiger partial charge on any atom is 0.161 e. The smallest absolute Gasteiger partial charge is 0.161 e. The number of rotatable bonds is 7.